The summed E-state index contributed by atoms with van der Waals surface area (Å²) < 4.78 is 12.4. The molecule has 0 saturated carbocycles. The summed E-state index contributed by atoms with van der Waals surface area (Å²) in [5.41, 5.74) is 3.90. The zero-order valence-electron chi connectivity index (χ0n) is 15.8. The predicted molar refractivity (Wildman–Crippen MR) is 113 cm³/mol. The normalized spacial score (nSPS) is 10.7. The van der Waals surface area contributed by atoms with Crippen molar-refractivity contribution in [2.75, 3.05) is 11.1 Å². The summed E-state index contributed by atoms with van der Waals surface area (Å²) in [6.45, 7) is 6.13. The molecule has 3 rings (SSSR count). The molecule has 1 aromatic heterocycles. The fourth-order valence-corrected chi connectivity index (χ4v) is 3.39. The summed E-state index contributed by atoms with van der Waals surface area (Å²) >= 11 is 4.63. The lowest BCUT2D eigenvalue weighted by molar-refractivity contribution is -0.113. The number of rotatable bonds is 7. The maximum absolute atomic E-state index is 12.1. The van der Waals surface area contributed by atoms with E-state index in [9.17, 15) is 4.79 Å². The number of thioether (sulfide) groups is 1. The third kappa shape index (κ3) is 5.36. The van der Waals surface area contributed by atoms with Crippen molar-refractivity contribution in [1.29, 1.82) is 0 Å². The van der Waals surface area contributed by atoms with E-state index in [1.54, 1.807) is 0 Å². The number of para-hydroxylation sites is 1. The predicted octanol–water partition coefficient (Wildman–Crippen LogP) is 5.07. The highest BCUT2D eigenvalue weighted by Gasteiger charge is 2.12. The molecule has 1 heterocycles. The lowest BCUT2D eigenvalue weighted by Crippen LogP contribution is -2.14. The van der Waals surface area contributed by atoms with E-state index in [0.29, 0.717) is 11.1 Å². The molecule has 0 saturated heterocycles. The summed E-state index contributed by atoms with van der Waals surface area (Å²) in [6.07, 6.45) is 0. The van der Waals surface area contributed by atoms with Crippen LogP contribution in [0.4, 0.5) is 5.69 Å². The molecule has 3 aromatic rings. The first kappa shape index (κ1) is 20.4. The first-order chi connectivity index (χ1) is 13.4. The van der Waals surface area contributed by atoms with Crippen LogP contribution in [0, 0.1) is 20.8 Å². The molecule has 146 valence electrons. The number of hydrogen-bond donors (Lipinski definition) is 1. The Kier molecular flexibility index (Phi) is 6.74. The molecule has 1 amide bonds. The first-order valence-electron chi connectivity index (χ1n) is 8.62. The van der Waals surface area contributed by atoms with E-state index in [4.69, 9.17) is 9.15 Å². The van der Waals surface area contributed by atoms with E-state index >= 15 is 0 Å². The highest BCUT2D eigenvalue weighted by molar-refractivity contribution is 9.10. The molecule has 0 unspecified atom stereocenters. The van der Waals surface area contributed by atoms with E-state index in [2.05, 4.69) is 31.4 Å². The second kappa shape index (κ2) is 9.25. The number of carbonyl (C=O) groups is 1. The Balaban J connectivity index is 1.50. The van der Waals surface area contributed by atoms with Crippen molar-refractivity contribution in [3.63, 3.8) is 0 Å². The van der Waals surface area contributed by atoms with Gasteiger partial charge in [0.2, 0.25) is 5.91 Å². The Labute approximate surface area is 176 Å². The van der Waals surface area contributed by atoms with Gasteiger partial charge in [0.15, 0.2) is 6.61 Å². The minimum absolute atomic E-state index is 0.141. The van der Waals surface area contributed by atoms with Crippen LogP contribution in [0.3, 0.4) is 0 Å². The van der Waals surface area contributed by atoms with Gasteiger partial charge in [-0.05, 0) is 55.7 Å². The average molecular weight is 462 g/mol. The average Bonchev–Trinajstić information content (AvgIpc) is 3.11. The van der Waals surface area contributed by atoms with Crippen LogP contribution in [-0.2, 0) is 11.4 Å². The quantitative estimate of drug-likeness (QED) is 0.495. The van der Waals surface area contributed by atoms with Crippen LogP contribution in [0.5, 0.6) is 5.75 Å². The number of amides is 1. The van der Waals surface area contributed by atoms with Gasteiger partial charge in [-0.15, -0.1) is 10.2 Å². The van der Waals surface area contributed by atoms with Gasteiger partial charge in [-0.3, -0.25) is 4.79 Å². The molecule has 0 aliphatic heterocycles. The maximum atomic E-state index is 12.1. The van der Waals surface area contributed by atoms with Crippen LogP contribution in [-0.4, -0.2) is 21.9 Å². The van der Waals surface area contributed by atoms with Crippen LogP contribution < -0.4 is 10.1 Å². The molecule has 6 nitrogen and oxygen atoms in total. The summed E-state index contributed by atoms with van der Waals surface area (Å²) in [5.74, 6) is 1.22. The number of halogens is 1. The topological polar surface area (TPSA) is 77.2 Å². The fraction of sp³-hybridized carbons (Fsp3) is 0.250. The maximum Gasteiger partial charge on any atom is 0.277 e. The van der Waals surface area contributed by atoms with Gasteiger partial charge in [0.1, 0.15) is 5.75 Å². The van der Waals surface area contributed by atoms with Crippen molar-refractivity contribution in [2.45, 2.75) is 32.6 Å². The van der Waals surface area contributed by atoms with E-state index in [1.165, 1.54) is 11.8 Å². The van der Waals surface area contributed by atoms with Crippen molar-refractivity contribution < 1.29 is 13.9 Å². The van der Waals surface area contributed by atoms with Crippen molar-refractivity contribution in [1.82, 2.24) is 10.2 Å². The molecule has 0 atom stereocenters. The number of carbonyl (C=O) groups excluding carboxylic acids is 1. The molecule has 0 fully saturated rings. The summed E-state index contributed by atoms with van der Waals surface area (Å²) in [4.78, 5) is 12.1. The lowest BCUT2D eigenvalue weighted by atomic mass is 10.1. The molecular formula is C20H20BrN3O3S. The Morgan fingerprint density at radius 2 is 1.89 bits per heavy atom. The standard InChI is InChI=1S/C20H20BrN3O3S/c1-12-5-4-6-13(2)19(12)26-10-18-23-24-20(27-18)28-11-17(25)22-15-7-8-16(21)14(3)9-15/h4-9H,10-11H2,1-3H3,(H,22,25). The van der Waals surface area contributed by atoms with Crippen molar-refractivity contribution >= 4 is 39.3 Å². The zero-order chi connectivity index (χ0) is 20.1. The van der Waals surface area contributed by atoms with E-state index in [0.717, 1.165) is 32.6 Å². The minimum Gasteiger partial charge on any atom is -0.483 e. The molecule has 0 radical (unpaired) electrons. The smallest absolute Gasteiger partial charge is 0.277 e. The number of anilines is 1. The van der Waals surface area contributed by atoms with Crippen molar-refractivity contribution in [2.24, 2.45) is 0 Å². The van der Waals surface area contributed by atoms with E-state index in [-0.39, 0.29) is 18.3 Å². The molecule has 0 aliphatic rings. The van der Waals surface area contributed by atoms with E-state index < -0.39 is 0 Å². The highest BCUT2D eigenvalue weighted by Crippen LogP contribution is 2.24. The number of nitrogens with zero attached hydrogens (tertiary/aromatic N) is 2. The van der Waals surface area contributed by atoms with Crippen molar-refractivity contribution in [3.8, 4) is 5.75 Å². The fourth-order valence-electron chi connectivity index (χ4n) is 2.56. The number of hydrogen-bond acceptors (Lipinski definition) is 6. The molecule has 1 N–H and O–H groups in total. The summed E-state index contributed by atoms with van der Waals surface area (Å²) in [5, 5.41) is 11.1. The third-order valence-corrected chi connectivity index (χ3v) is 5.67. The summed E-state index contributed by atoms with van der Waals surface area (Å²) in [7, 11) is 0. The molecule has 0 spiro atoms. The molecule has 2 aromatic carbocycles. The minimum atomic E-state index is -0.141. The second-order valence-corrected chi connectivity index (χ2v) is 8.05. The number of benzene rings is 2. The van der Waals surface area contributed by atoms with Gasteiger partial charge in [0.05, 0.1) is 5.75 Å². The molecule has 8 heteroatoms. The number of aryl methyl sites for hydroxylation is 3. The van der Waals surface area contributed by atoms with E-state index in [1.807, 2.05) is 57.2 Å². The summed E-state index contributed by atoms with van der Waals surface area (Å²) in [6, 6.07) is 11.6. The highest BCUT2D eigenvalue weighted by atomic mass is 79.9. The van der Waals surface area contributed by atoms with Gasteiger partial charge in [-0.1, -0.05) is 45.9 Å². The molecule has 0 aliphatic carbocycles. The van der Waals surface area contributed by atoms with Gasteiger partial charge in [0, 0.05) is 10.2 Å². The zero-order valence-corrected chi connectivity index (χ0v) is 18.2. The third-order valence-electron chi connectivity index (χ3n) is 3.97. The molecule has 0 bridgehead atoms. The van der Waals surface area contributed by atoms with Gasteiger partial charge >= 0.3 is 0 Å². The Morgan fingerprint density at radius 1 is 1.14 bits per heavy atom. The van der Waals surface area contributed by atoms with Crippen LogP contribution in [0.1, 0.15) is 22.6 Å². The van der Waals surface area contributed by atoms with Gasteiger partial charge in [0.25, 0.3) is 11.1 Å². The number of aromatic nitrogens is 2. The Bertz CT molecular complexity index is 970. The second-order valence-electron chi connectivity index (χ2n) is 6.27. The van der Waals surface area contributed by atoms with Gasteiger partial charge in [-0.25, -0.2) is 0 Å². The van der Waals surface area contributed by atoms with Crippen LogP contribution in [0.2, 0.25) is 0 Å². The largest absolute Gasteiger partial charge is 0.483 e. The monoisotopic (exact) mass is 461 g/mol. The van der Waals surface area contributed by atoms with Crippen LogP contribution >= 0.6 is 27.7 Å². The van der Waals surface area contributed by atoms with Gasteiger partial charge in [-0.2, -0.15) is 0 Å². The molecule has 28 heavy (non-hydrogen) atoms. The van der Waals surface area contributed by atoms with Crippen LogP contribution in [0.25, 0.3) is 0 Å². The van der Waals surface area contributed by atoms with Crippen LogP contribution in [0.15, 0.2) is 50.5 Å². The number of nitrogens with one attached hydrogen (secondary N) is 1. The Hall–Kier alpha value is -2.32. The lowest BCUT2D eigenvalue weighted by Gasteiger charge is -2.09. The van der Waals surface area contributed by atoms with Crippen molar-refractivity contribution in [3.05, 3.63) is 63.5 Å². The first-order valence-corrected chi connectivity index (χ1v) is 10.4. The molecular weight excluding hydrogens is 442 g/mol. The van der Waals surface area contributed by atoms with Gasteiger partial charge < -0.3 is 14.5 Å². The SMILES string of the molecule is Cc1cc(NC(=O)CSc2nnc(COc3c(C)cccc3C)o2)ccc1Br. The number of ether oxygens (including phenoxy) is 1. The Morgan fingerprint density at radius 3 is 2.61 bits per heavy atom.